The molecule has 0 aromatic heterocycles. The van der Waals surface area contributed by atoms with E-state index in [9.17, 15) is 4.79 Å². The zero-order valence-electron chi connectivity index (χ0n) is 13.1. The number of hydrogen-bond acceptors (Lipinski definition) is 1. The molecule has 106 valence electrons. The van der Waals surface area contributed by atoms with Crippen molar-refractivity contribution >= 4 is 13.9 Å². The largest absolute Gasteiger partial charge is 0.295 e. The number of allylic oxidation sites excluding steroid dienone is 7. The summed E-state index contributed by atoms with van der Waals surface area (Å²) < 4.78 is 0. The number of carbonyl (C=O) groups excluding carboxylic acids is 1. The van der Waals surface area contributed by atoms with Gasteiger partial charge in [-0.05, 0) is 31.9 Å². The van der Waals surface area contributed by atoms with Crippen LogP contribution < -0.4 is 0 Å². The van der Waals surface area contributed by atoms with Gasteiger partial charge in [0, 0.05) is 14.5 Å². The Hall–Kier alpha value is -1.15. The highest BCUT2D eigenvalue weighted by Gasteiger charge is 2.13. The summed E-state index contributed by atoms with van der Waals surface area (Å²) in [5.74, 6) is 0.154. The van der Waals surface area contributed by atoms with Gasteiger partial charge < -0.3 is 0 Å². The standard InChI is InChI=1S/C17H28OSi/c1-7-16(14-19(4,5)6)12-10-8-9-11-13-17(18)15(2)3/h7-10,12H,2,11,13-14H2,1,3-6H3/b9-8+,12-10+,16-7-. The second-order valence-electron chi connectivity index (χ2n) is 6.13. The Bertz CT molecular complexity index is 392. The van der Waals surface area contributed by atoms with Crippen LogP contribution in [0.4, 0.5) is 0 Å². The Balaban J connectivity index is 4.14. The lowest BCUT2D eigenvalue weighted by atomic mass is 10.1. The predicted octanol–water partition coefficient (Wildman–Crippen LogP) is 5.31. The minimum Gasteiger partial charge on any atom is -0.295 e. The number of Topliss-reactive ketones (excluding diaryl/α,β-unsaturated/α-hetero) is 1. The third-order valence-corrected chi connectivity index (χ3v) is 4.15. The second kappa shape index (κ2) is 8.86. The van der Waals surface area contributed by atoms with E-state index in [1.54, 1.807) is 6.92 Å². The van der Waals surface area contributed by atoms with E-state index in [4.69, 9.17) is 0 Å². The fourth-order valence-corrected chi connectivity index (χ4v) is 3.20. The highest BCUT2D eigenvalue weighted by Crippen LogP contribution is 2.17. The molecule has 0 N–H and O–H groups in total. The Morgan fingerprint density at radius 1 is 1.21 bits per heavy atom. The predicted molar refractivity (Wildman–Crippen MR) is 89.2 cm³/mol. The highest BCUT2D eigenvalue weighted by atomic mass is 28.3. The minimum absolute atomic E-state index is 0.154. The molecule has 0 heterocycles. The van der Waals surface area contributed by atoms with Gasteiger partial charge in [-0.15, -0.1) is 0 Å². The van der Waals surface area contributed by atoms with Crippen molar-refractivity contribution in [1.82, 2.24) is 0 Å². The van der Waals surface area contributed by atoms with Gasteiger partial charge in [0.1, 0.15) is 0 Å². The summed E-state index contributed by atoms with van der Waals surface area (Å²) in [5.41, 5.74) is 2.05. The zero-order chi connectivity index (χ0) is 14.9. The molecule has 0 radical (unpaired) electrons. The van der Waals surface area contributed by atoms with E-state index >= 15 is 0 Å². The maximum Gasteiger partial charge on any atom is 0.158 e. The van der Waals surface area contributed by atoms with Crippen LogP contribution in [0.15, 0.2) is 48.1 Å². The molecular weight excluding hydrogens is 248 g/mol. The summed E-state index contributed by atoms with van der Waals surface area (Å²) in [6.07, 6.45) is 11.8. The summed E-state index contributed by atoms with van der Waals surface area (Å²) in [7, 11) is -1.04. The minimum atomic E-state index is -1.04. The topological polar surface area (TPSA) is 17.1 Å². The molecule has 0 saturated heterocycles. The third-order valence-electron chi connectivity index (χ3n) is 2.68. The van der Waals surface area contributed by atoms with Gasteiger partial charge >= 0.3 is 0 Å². The quantitative estimate of drug-likeness (QED) is 0.333. The molecule has 0 aliphatic rings. The van der Waals surface area contributed by atoms with Crippen LogP contribution in [0.25, 0.3) is 0 Å². The van der Waals surface area contributed by atoms with Gasteiger partial charge in [-0.1, -0.05) is 62.2 Å². The summed E-state index contributed by atoms with van der Waals surface area (Å²) in [4.78, 5) is 11.3. The maximum absolute atomic E-state index is 11.3. The lowest BCUT2D eigenvalue weighted by Crippen LogP contribution is -2.19. The highest BCUT2D eigenvalue weighted by molar-refractivity contribution is 6.76. The first-order chi connectivity index (χ1) is 8.76. The lowest BCUT2D eigenvalue weighted by Gasteiger charge is -2.15. The van der Waals surface area contributed by atoms with Gasteiger partial charge in [0.15, 0.2) is 5.78 Å². The van der Waals surface area contributed by atoms with Crippen molar-refractivity contribution in [2.24, 2.45) is 0 Å². The van der Waals surface area contributed by atoms with Gasteiger partial charge in [-0.2, -0.15) is 0 Å². The first-order valence-electron chi connectivity index (χ1n) is 6.93. The molecule has 19 heavy (non-hydrogen) atoms. The summed E-state index contributed by atoms with van der Waals surface area (Å²) in [6.45, 7) is 14.6. The molecule has 0 fully saturated rings. The molecular formula is C17H28OSi. The number of ketones is 1. The molecule has 0 aromatic rings. The molecule has 0 aromatic carbocycles. The van der Waals surface area contributed by atoms with Crippen LogP contribution in [0.3, 0.4) is 0 Å². The molecule has 2 heteroatoms. The van der Waals surface area contributed by atoms with Crippen molar-refractivity contribution < 1.29 is 4.79 Å². The monoisotopic (exact) mass is 276 g/mol. The first-order valence-corrected chi connectivity index (χ1v) is 10.6. The third kappa shape index (κ3) is 10.5. The van der Waals surface area contributed by atoms with E-state index in [0.717, 1.165) is 6.42 Å². The molecule has 0 saturated carbocycles. The normalized spacial score (nSPS) is 13.4. The summed E-state index contributed by atoms with van der Waals surface area (Å²) in [5, 5.41) is 0. The SMILES string of the molecule is C=C(C)C(=O)CC/C=C/C=C/C(=C/C)C[Si](C)(C)C. The summed E-state index contributed by atoms with van der Waals surface area (Å²) in [6, 6.07) is 1.21. The number of hydrogen-bond donors (Lipinski definition) is 0. The van der Waals surface area contributed by atoms with E-state index in [0.29, 0.717) is 12.0 Å². The molecule has 0 unspecified atom stereocenters. The van der Waals surface area contributed by atoms with Gasteiger partial charge in [0.05, 0.1) is 0 Å². The van der Waals surface area contributed by atoms with Gasteiger partial charge in [0.25, 0.3) is 0 Å². The molecule has 0 rings (SSSR count). The van der Waals surface area contributed by atoms with Crippen molar-refractivity contribution in [3.05, 3.63) is 48.1 Å². The smallest absolute Gasteiger partial charge is 0.158 e. The van der Waals surface area contributed by atoms with Crippen molar-refractivity contribution in [1.29, 1.82) is 0 Å². The Kier molecular flexibility index (Phi) is 8.33. The Morgan fingerprint density at radius 3 is 2.32 bits per heavy atom. The molecule has 0 atom stereocenters. The fraction of sp³-hybridized carbons (Fsp3) is 0.471. The molecule has 0 aliphatic heterocycles. The zero-order valence-corrected chi connectivity index (χ0v) is 14.1. The van der Waals surface area contributed by atoms with Crippen LogP contribution >= 0.6 is 0 Å². The molecule has 0 aliphatic carbocycles. The van der Waals surface area contributed by atoms with Crippen LogP contribution in [-0.2, 0) is 4.79 Å². The maximum atomic E-state index is 11.3. The van der Waals surface area contributed by atoms with Crippen molar-refractivity contribution in [2.75, 3.05) is 0 Å². The molecule has 0 bridgehead atoms. The van der Waals surface area contributed by atoms with Crippen LogP contribution in [0.1, 0.15) is 26.7 Å². The van der Waals surface area contributed by atoms with Crippen LogP contribution in [0, 0.1) is 0 Å². The van der Waals surface area contributed by atoms with Crippen molar-refractivity contribution in [3.63, 3.8) is 0 Å². The average molecular weight is 276 g/mol. The van der Waals surface area contributed by atoms with Crippen molar-refractivity contribution in [2.45, 2.75) is 52.4 Å². The lowest BCUT2D eigenvalue weighted by molar-refractivity contribution is -0.115. The van der Waals surface area contributed by atoms with E-state index in [2.05, 4.69) is 51.4 Å². The van der Waals surface area contributed by atoms with E-state index < -0.39 is 8.07 Å². The number of rotatable bonds is 8. The summed E-state index contributed by atoms with van der Waals surface area (Å²) >= 11 is 0. The van der Waals surface area contributed by atoms with Crippen LogP contribution in [0.5, 0.6) is 0 Å². The van der Waals surface area contributed by atoms with Gasteiger partial charge in [-0.3, -0.25) is 4.79 Å². The molecule has 0 amide bonds. The van der Waals surface area contributed by atoms with E-state index in [-0.39, 0.29) is 5.78 Å². The van der Waals surface area contributed by atoms with Crippen LogP contribution in [0.2, 0.25) is 25.7 Å². The van der Waals surface area contributed by atoms with Crippen LogP contribution in [-0.4, -0.2) is 13.9 Å². The Labute approximate surface area is 119 Å². The number of carbonyl (C=O) groups is 1. The average Bonchev–Trinajstić information content (AvgIpc) is 2.29. The van der Waals surface area contributed by atoms with Gasteiger partial charge in [0.2, 0.25) is 0 Å². The second-order valence-corrected chi connectivity index (χ2v) is 11.6. The van der Waals surface area contributed by atoms with E-state index in [1.807, 2.05) is 12.2 Å². The van der Waals surface area contributed by atoms with E-state index in [1.165, 1.54) is 11.6 Å². The first kappa shape index (κ1) is 17.8. The molecule has 1 nitrogen and oxygen atoms in total. The molecule has 0 spiro atoms. The Morgan fingerprint density at radius 2 is 1.84 bits per heavy atom. The van der Waals surface area contributed by atoms with Crippen molar-refractivity contribution in [3.8, 4) is 0 Å². The van der Waals surface area contributed by atoms with Gasteiger partial charge in [-0.25, -0.2) is 0 Å². The fourth-order valence-electron chi connectivity index (χ4n) is 1.65.